The molecule has 2 rings (SSSR count). The Morgan fingerprint density at radius 3 is 2.67 bits per heavy atom. The van der Waals surface area contributed by atoms with E-state index in [9.17, 15) is 18.0 Å². The van der Waals surface area contributed by atoms with Crippen molar-refractivity contribution in [2.45, 2.75) is 44.4 Å². The number of fused-ring (bicyclic) bond motifs is 1. The van der Waals surface area contributed by atoms with Gasteiger partial charge in [-0.05, 0) is 30.4 Å². The van der Waals surface area contributed by atoms with Crippen LogP contribution in [-0.4, -0.2) is 12.1 Å². The first kappa shape index (κ1) is 15.6. The summed E-state index contributed by atoms with van der Waals surface area (Å²) in [5, 5.41) is 0. The number of hydrogen-bond acceptors (Lipinski definition) is 2. The summed E-state index contributed by atoms with van der Waals surface area (Å²) in [5.41, 5.74) is -0.578. The second-order valence-electron chi connectivity index (χ2n) is 5.27. The average molecular weight is 298 g/mol. The number of benzene rings is 1. The van der Waals surface area contributed by atoms with E-state index in [4.69, 9.17) is 4.74 Å². The molecule has 5 heteroatoms. The van der Waals surface area contributed by atoms with E-state index >= 15 is 0 Å². The van der Waals surface area contributed by atoms with Gasteiger partial charge in [0.1, 0.15) is 11.2 Å². The van der Waals surface area contributed by atoms with Gasteiger partial charge in [-0.15, -0.1) is 0 Å². The number of aryl methyl sites for hydroxylation is 1. The molecule has 21 heavy (non-hydrogen) atoms. The highest BCUT2D eigenvalue weighted by Crippen LogP contribution is 2.44. The molecule has 0 saturated carbocycles. The molecule has 0 aliphatic heterocycles. The monoisotopic (exact) mass is 298 g/mol. The average Bonchev–Trinajstić information content (AvgIpc) is 2.77. The predicted octanol–water partition coefficient (Wildman–Crippen LogP) is 4.29. The van der Waals surface area contributed by atoms with Gasteiger partial charge in [0.25, 0.3) is 0 Å². The van der Waals surface area contributed by atoms with Crippen LogP contribution in [0.5, 0.6) is 0 Å². The fraction of sp³-hybridized carbons (Fsp3) is 0.438. The van der Waals surface area contributed by atoms with Crippen LogP contribution in [0.2, 0.25) is 0 Å². The minimum atomic E-state index is -4.76. The Labute approximate surface area is 121 Å². The fourth-order valence-electron chi connectivity index (χ4n) is 2.83. The SMILES string of the molecule is C=C(C(=O)OC1(CCC)CCc2ccccc21)C(F)(F)F. The zero-order chi connectivity index (χ0) is 15.7. The lowest BCUT2D eigenvalue weighted by atomic mass is 9.90. The molecular formula is C16H17F3O2. The van der Waals surface area contributed by atoms with E-state index in [1.54, 1.807) is 6.07 Å². The smallest absolute Gasteiger partial charge is 0.422 e. The number of carbonyl (C=O) groups is 1. The largest absolute Gasteiger partial charge is 0.451 e. The number of ether oxygens (including phenoxy) is 1. The van der Waals surface area contributed by atoms with Crippen molar-refractivity contribution in [1.29, 1.82) is 0 Å². The molecule has 0 saturated heterocycles. The second kappa shape index (κ2) is 5.54. The summed E-state index contributed by atoms with van der Waals surface area (Å²) in [5.74, 6) is -1.38. The molecule has 0 bridgehead atoms. The van der Waals surface area contributed by atoms with Crippen molar-refractivity contribution in [3.63, 3.8) is 0 Å². The molecule has 0 spiro atoms. The van der Waals surface area contributed by atoms with Gasteiger partial charge in [0.05, 0.1) is 0 Å². The molecule has 0 N–H and O–H groups in total. The van der Waals surface area contributed by atoms with Gasteiger partial charge in [-0.3, -0.25) is 0 Å². The lowest BCUT2D eigenvalue weighted by molar-refractivity contribution is -0.167. The first-order valence-electron chi connectivity index (χ1n) is 6.88. The normalized spacial score (nSPS) is 21.0. The first-order valence-corrected chi connectivity index (χ1v) is 6.88. The van der Waals surface area contributed by atoms with Crippen LogP contribution in [0.15, 0.2) is 36.4 Å². The molecule has 0 radical (unpaired) electrons. The molecule has 2 nitrogen and oxygen atoms in total. The Kier molecular flexibility index (Phi) is 4.12. The third-order valence-electron chi connectivity index (χ3n) is 3.84. The molecule has 114 valence electrons. The molecule has 1 unspecified atom stereocenters. The summed E-state index contributed by atoms with van der Waals surface area (Å²) < 4.78 is 43.0. The van der Waals surface area contributed by atoms with Crippen molar-refractivity contribution in [2.75, 3.05) is 0 Å². The van der Waals surface area contributed by atoms with E-state index in [0.29, 0.717) is 25.7 Å². The zero-order valence-electron chi connectivity index (χ0n) is 11.8. The molecule has 1 aromatic carbocycles. The van der Waals surface area contributed by atoms with Gasteiger partial charge >= 0.3 is 12.1 Å². The van der Waals surface area contributed by atoms with Gasteiger partial charge in [0.2, 0.25) is 0 Å². The van der Waals surface area contributed by atoms with Crippen molar-refractivity contribution < 1.29 is 22.7 Å². The second-order valence-corrected chi connectivity index (χ2v) is 5.27. The van der Waals surface area contributed by atoms with Crippen LogP contribution in [0.3, 0.4) is 0 Å². The highest BCUT2D eigenvalue weighted by molar-refractivity contribution is 5.89. The Morgan fingerprint density at radius 2 is 2.05 bits per heavy atom. The van der Waals surface area contributed by atoms with Crippen LogP contribution in [-0.2, 0) is 21.6 Å². The lowest BCUT2D eigenvalue weighted by Crippen LogP contribution is -2.33. The van der Waals surface area contributed by atoms with Crippen molar-refractivity contribution >= 4 is 5.97 Å². The third-order valence-corrected chi connectivity index (χ3v) is 3.84. The number of hydrogen-bond donors (Lipinski definition) is 0. The molecule has 1 aromatic rings. The van der Waals surface area contributed by atoms with Crippen LogP contribution < -0.4 is 0 Å². The van der Waals surface area contributed by atoms with E-state index in [0.717, 1.165) is 11.1 Å². The maximum atomic E-state index is 12.6. The summed E-state index contributed by atoms with van der Waals surface area (Å²) in [4.78, 5) is 11.8. The van der Waals surface area contributed by atoms with Crippen LogP contribution in [0.25, 0.3) is 0 Å². The van der Waals surface area contributed by atoms with E-state index in [1.165, 1.54) is 0 Å². The highest BCUT2D eigenvalue weighted by atomic mass is 19.4. The summed E-state index contributed by atoms with van der Waals surface area (Å²) in [6, 6.07) is 7.42. The van der Waals surface area contributed by atoms with E-state index in [2.05, 4.69) is 6.58 Å². The molecule has 0 aromatic heterocycles. The van der Waals surface area contributed by atoms with Gasteiger partial charge < -0.3 is 4.74 Å². The minimum Gasteiger partial charge on any atom is -0.451 e. The Hall–Kier alpha value is -1.78. The molecular weight excluding hydrogens is 281 g/mol. The topological polar surface area (TPSA) is 26.3 Å². The molecule has 1 atom stereocenters. The standard InChI is InChI=1S/C16H17F3O2/c1-3-9-15(21-14(20)11(2)16(17,18)19)10-8-12-6-4-5-7-13(12)15/h4-7H,2-3,8-10H2,1H3. The number of halogens is 3. The summed E-state index contributed by atoms with van der Waals surface area (Å²) in [6.07, 6.45) is -2.34. The maximum absolute atomic E-state index is 12.6. The highest BCUT2D eigenvalue weighted by Gasteiger charge is 2.45. The Balaban J connectivity index is 2.30. The van der Waals surface area contributed by atoms with Gasteiger partial charge in [-0.1, -0.05) is 44.2 Å². The summed E-state index contributed by atoms with van der Waals surface area (Å²) in [6.45, 7) is 4.73. The van der Waals surface area contributed by atoms with E-state index in [-0.39, 0.29) is 0 Å². The number of esters is 1. The fourth-order valence-corrected chi connectivity index (χ4v) is 2.83. The predicted molar refractivity (Wildman–Crippen MR) is 72.6 cm³/mol. The molecule has 1 aliphatic carbocycles. The van der Waals surface area contributed by atoms with E-state index in [1.807, 2.05) is 25.1 Å². The van der Waals surface area contributed by atoms with Crippen LogP contribution >= 0.6 is 0 Å². The number of carbonyl (C=O) groups excluding carboxylic acids is 1. The molecule has 0 heterocycles. The maximum Gasteiger partial charge on any atom is 0.422 e. The number of rotatable bonds is 4. The Bertz CT molecular complexity index is 559. The molecule has 0 fully saturated rings. The van der Waals surface area contributed by atoms with Crippen molar-refractivity contribution in [2.24, 2.45) is 0 Å². The quantitative estimate of drug-likeness (QED) is 0.612. The Morgan fingerprint density at radius 1 is 1.38 bits per heavy atom. The first-order chi connectivity index (χ1) is 9.80. The van der Waals surface area contributed by atoms with Crippen molar-refractivity contribution in [1.82, 2.24) is 0 Å². The lowest BCUT2D eigenvalue weighted by Gasteiger charge is -2.30. The third kappa shape index (κ3) is 2.96. The molecule has 1 aliphatic rings. The van der Waals surface area contributed by atoms with Gasteiger partial charge in [0, 0.05) is 0 Å². The van der Waals surface area contributed by atoms with Crippen molar-refractivity contribution in [3.8, 4) is 0 Å². The van der Waals surface area contributed by atoms with E-state index < -0.39 is 23.3 Å². The van der Waals surface area contributed by atoms with Crippen LogP contribution in [0, 0.1) is 0 Å². The van der Waals surface area contributed by atoms with Crippen LogP contribution in [0.1, 0.15) is 37.3 Å². The van der Waals surface area contributed by atoms with Gasteiger partial charge in [-0.2, -0.15) is 13.2 Å². The zero-order valence-corrected chi connectivity index (χ0v) is 11.8. The summed E-state index contributed by atoms with van der Waals surface area (Å²) in [7, 11) is 0. The van der Waals surface area contributed by atoms with Gasteiger partial charge in [-0.25, -0.2) is 4.79 Å². The van der Waals surface area contributed by atoms with Crippen molar-refractivity contribution in [3.05, 3.63) is 47.5 Å². The van der Waals surface area contributed by atoms with Crippen LogP contribution in [0.4, 0.5) is 13.2 Å². The van der Waals surface area contributed by atoms with Gasteiger partial charge in [0.15, 0.2) is 0 Å². The minimum absolute atomic E-state index is 0.501. The summed E-state index contributed by atoms with van der Waals surface area (Å²) >= 11 is 0. The molecule has 0 amide bonds. The number of alkyl halides is 3.